The van der Waals surface area contributed by atoms with Gasteiger partial charge in [0.1, 0.15) is 17.3 Å². The Balaban J connectivity index is 1.73. The molecule has 2 N–H and O–H groups in total. The maximum absolute atomic E-state index is 12.6. The molecule has 0 fully saturated rings. The van der Waals surface area contributed by atoms with E-state index in [2.05, 4.69) is 25.6 Å². The first-order valence-electron chi connectivity index (χ1n) is 8.54. The Morgan fingerprint density at radius 1 is 1.07 bits per heavy atom. The van der Waals surface area contributed by atoms with Crippen LogP contribution in [0.2, 0.25) is 0 Å². The molecule has 2 heterocycles. The van der Waals surface area contributed by atoms with Gasteiger partial charge in [-0.05, 0) is 37.3 Å². The van der Waals surface area contributed by atoms with Gasteiger partial charge in [0.15, 0.2) is 0 Å². The Kier molecular flexibility index (Phi) is 5.91. The van der Waals surface area contributed by atoms with Gasteiger partial charge in [-0.1, -0.05) is 12.1 Å². The van der Waals surface area contributed by atoms with E-state index in [0.717, 1.165) is 5.69 Å². The first kappa shape index (κ1) is 19.0. The number of ether oxygens (including phenoxy) is 1. The number of nitrogens with one attached hydrogen (secondary N) is 2. The van der Waals surface area contributed by atoms with E-state index in [9.17, 15) is 9.59 Å². The summed E-state index contributed by atoms with van der Waals surface area (Å²) in [4.78, 5) is 36.9. The lowest BCUT2D eigenvalue weighted by Crippen LogP contribution is -2.16. The van der Waals surface area contributed by atoms with Gasteiger partial charge in [0.2, 0.25) is 0 Å². The molecule has 0 aliphatic carbocycles. The highest BCUT2D eigenvalue weighted by molar-refractivity contribution is 6.04. The molecule has 8 heteroatoms. The fourth-order valence-electron chi connectivity index (χ4n) is 2.50. The maximum atomic E-state index is 12.6. The zero-order valence-corrected chi connectivity index (χ0v) is 15.5. The van der Waals surface area contributed by atoms with Gasteiger partial charge in [-0.2, -0.15) is 0 Å². The fourth-order valence-corrected chi connectivity index (χ4v) is 2.50. The lowest BCUT2D eigenvalue weighted by Gasteiger charge is -2.09. The Bertz CT molecular complexity index is 992. The van der Waals surface area contributed by atoms with Crippen molar-refractivity contribution < 1.29 is 14.3 Å². The maximum Gasteiger partial charge on any atom is 0.337 e. The molecule has 28 heavy (non-hydrogen) atoms. The number of aryl methyl sites for hydroxylation is 1. The van der Waals surface area contributed by atoms with Crippen LogP contribution in [-0.2, 0) is 11.3 Å². The van der Waals surface area contributed by atoms with Crippen LogP contribution in [-0.4, -0.2) is 33.9 Å². The summed E-state index contributed by atoms with van der Waals surface area (Å²) < 4.78 is 4.69. The minimum Gasteiger partial charge on any atom is -0.465 e. The van der Waals surface area contributed by atoms with Crippen LogP contribution in [0.25, 0.3) is 0 Å². The van der Waals surface area contributed by atoms with Gasteiger partial charge in [0.05, 0.1) is 24.9 Å². The van der Waals surface area contributed by atoms with Crippen molar-refractivity contribution in [3.63, 3.8) is 0 Å². The summed E-state index contributed by atoms with van der Waals surface area (Å²) in [6, 6.07) is 13.7. The second kappa shape index (κ2) is 8.72. The fraction of sp³-hybridized carbons (Fsp3) is 0.150. The standard InChI is InChI=1S/C20H19N5O3/c1-13-23-17(11-18(24-13)22-12-16-7-3-4-9-21-16)19(26)25-15-8-5-6-14(10-15)20(27)28-2/h3-11H,12H2,1-2H3,(H,25,26)(H,22,23,24). The highest BCUT2D eigenvalue weighted by atomic mass is 16.5. The van der Waals surface area contributed by atoms with Crippen LogP contribution in [0, 0.1) is 6.92 Å². The van der Waals surface area contributed by atoms with Crippen LogP contribution >= 0.6 is 0 Å². The molecule has 0 bridgehead atoms. The van der Waals surface area contributed by atoms with Crippen LogP contribution in [0.15, 0.2) is 54.7 Å². The van der Waals surface area contributed by atoms with E-state index in [-0.39, 0.29) is 5.69 Å². The molecule has 0 unspecified atom stereocenters. The topological polar surface area (TPSA) is 106 Å². The number of methoxy groups -OCH3 is 1. The van der Waals surface area contributed by atoms with E-state index in [1.807, 2.05) is 18.2 Å². The van der Waals surface area contributed by atoms with Gasteiger partial charge in [-0.15, -0.1) is 0 Å². The van der Waals surface area contributed by atoms with Gasteiger partial charge in [0.25, 0.3) is 5.91 Å². The van der Waals surface area contributed by atoms with Crippen LogP contribution in [0.3, 0.4) is 0 Å². The van der Waals surface area contributed by atoms with Crippen molar-refractivity contribution >= 4 is 23.4 Å². The smallest absolute Gasteiger partial charge is 0.337 e. The molecular formula is C20H19N5O3. The van der Waals surface area contributed by atoms with Gasteiger partial charge < -0.3 is 15.4 Å². The van der Waals surface area contributed by atoms with Crippen molar-refractivity contribution in [3.05, 3.63) is 77.5 Å². The second-order valence-corrected chi connectivity index (χ2v) is 5.89. The van der Waals surface area contributed by atoms with Crippen molar-refractivity contribution in [2.75, 3.05) is 17.7 Å². The molecule has 3 aromatic rings. The summed E-state index contributed by atoms with van der Waals surface area (Å²) in [6.07, 6.45) is 1.71. The molecule has 2 aromatic heterocycles. The predicted octanol–water partition coefficient (Wildman–Crippen LogP) is 2.83. The summed E-state index contributed by atoms with van der Waals surface area (Å²) in [5.74, 6) is 0.0921. The molecule has 3 rings (SSSR count). The summed E-state index contributed by atoms with van der Waals surface area (Å²) in [7, 11) is 1.30. The number of esters is 1. The average molecular weight is 377 g/mol. The Hall–Kier alpha value is -3.81. The summed E-state index contributed by atoms with van der Waals surface area (Å²) in [5.41, 5.74) is 1.87. The van der Waals surface area contributed by atoms with E-state index in [1.165, 1.54) is 13.2 Å². The van der Waals surface area contributed by atoms with Gasteiger partial charge in [0, 0.05) is 18.0 Å². The number of amides is 1. The number of anilines is 2. The SMILES string of the molecule is COC(=O)c1cccc(NC(=O)c2cc(NCc3ccccn3)nc(C)n2)c1. The number of hydrogen-bond donors (Lipinski definition) is 2. The normalized spacial score (nSPS) is 10.2. The molecule has 1 aromatic carbocycles. The van der Waals surface area contributed by atoms with E-state index in [0.29, 0.717) is 29.4 Å². The minimum atomic E-state index is -0.477. The largest absolute Gasteiger partial charge is 0.465 e. The zero-order valence-electron chi connectivity index (χ0n) is 15.5. The first-order chi connectivity index (χ1) is 13.5. The number of benzene rings is 1. The van der Waals surface area contributed by atoms with Crippen LogP contribution < -0.4 is 10.6 Å². The molecule has 1 amide bonds. The molecule has 0 spiro atoms. The molecule has 8 nitrogen and oxygen atoms in total. The van der Waals surface area contributed by atoms with Crippen LogP contribution in [0.1, 0.15) is 32.4 Å². The van der Waals surface area contributed by atoms with Crippen molar-refractivity contribution in [2.45, 2.75) is 13.5 Å². The summed E-state index contributed by atoms with van der Waals surface area (Å²) in [6.45, 7) is 2.18. The van der Waals surface area contributed by atoms with E-state index >= 15 is 0 Å². The van der Waals surface area contributed by atoms with Crippen molar-refractivity contribution in [3.8, 4) is 0 Å². The van der Waals surface area contributed by atoms with Crippen molar-refractivity contribution in [1.29, 1.82) is 0 Å². The molecular weight excluding hydrogens is 358 g/mol. The average Bonchev–Trinajstić information content (AvgIpc) is 2.72. The molecule has 0 atom stereocenters. The number of nitrogens with zero attached hydrogens (tertiary/aromatic N) is 3. The van der Waals surface area contributed by atoms with Gasteiger partial charge >= 0.3 is 5.97 Å². The molecule has 0 saturated carbocycles. The molecule has 0 saturated heterocycles. The number of pyridine rings is 1. The highest BCUT2D eigenvalue weighted by Crippen LogP contribution is 2.14. The third-order valence-electron chi connectivity index (χ3n) is 3.79. The molecule has 142 valence electrons. The first-order valence-corrected chi connectivity index (χ1v) is 8.54. The molecule has 0 aliphatic rings. The lowest BCUT2D eigenvalue weighted by atomic mass is 10.2. The highest BCUT2D eigenvalue weighted by Gasteiger charge is 2.13. The van der Waals surface area contributed by atoms with Crippen molar-refractivity contribution in [1.82, 2.24) is 15.0 Å². The minimum absolute atomic E-state index is 0.208. The monoisotopic (exact) mass is 377 g/mol. The Morgan fingerprint density at radius 2 is 1.93 bits per heavy atom. The van der Waals surface area contributed by atoms with E-state index in [4.69, 9.17) is 4.74 Å². The number of rotatable bonds is 6. The van der Waals surface area contributed by atoms with E-state index in [1.54, 1.807) is 37.4 Å². The predicted molar refractivity (Wildman–Crippen MR) is 104 cm³/mol. The molecule has 0 radical (unpaired) electrons. The quantitative estimate of drug-likeness (QED) is 0.636. The summed E-state index contributed by atoms with van der Waals surface area (Å²) in [5, 5.41) is 5.87. The zero-order chi connectivity index (χ0) is 19.9. The number of carbonyl (C=O) groups is 2. The molecule has 0 aliphatic heterocycles. The van der Waals surface area contributed by atoms with Crippen LogP contribution in [0.4, 0.5) is 11.5 Å². The van der Waals surface area contributed by atoms with Gasteiger partial charge in [-0.3, -0.25) is 9.78 Å². The third-order valence-corrected chi connectivity index (χ3v) is 3.79. The number of aromatic nitrogens is 3. The summed E-state index contributed by atoms with van der Waals surface area (Å²) >= 11 is 0. The van der Waals surface area contributed by atoms with Crippen LogP contribution in [0.5, 0.6) is 0 Å². The lowest BCUT2D eigenvalue weighted by molar-refractivity contribution is 0.0600. The van der Waals surface area contributed by atoms with Gasteiger partial charge in [-0.25, -0.2) is 14.8 Å². The Labute approximate surface area is 162 Å². The van der Waals surface area contributed by atoms with Crippen molar-refractivity contribution in [2.24, 2.45) is 0 Å². The number of hydrogen-bond acceptors (Lipinski definition) is 7. The second-order valence-electron chi connectivity index (χ2n) is 5.89. The van der Waals surface area contributed by atoms with E-state index < -0.39 is 11.9 Å². The number of carbonyl (C=O) groups excluding carboxylic acids is 2. The Morgan fingerprint density at radius 3 is 2.68 bits per heavy atom. The third kappa shape index (κ3) is 4.88.